The van der Waals surface area contributed by atoms with Crippen LogP contribution in [-0.2, 0) is 14.8 Å². The van der Waals surface area contributed by atoms with Crippen molar-refractivity contribution in [2.24, 2.45) is 0 Å². The predicted molar refractivity (Wildman–Crippen MR) is 103 cm³/mol. The van der Waals surface area contributed by atoms with Gasteiger partial charge >= 0.3 is 0 Å². The second-order valence-corrected chi connectivity index (χ2v) is 8.97. The van der Waals surface area contributed by atoms with Crippen molar-refractivity contribution in [2.75, 3.05) is 45.9 Å². The van der Waals surface area contributed by atoms with Crippen LogP contribution in [0.25, 0.3) is 0 Å². The number of hydrogen-bond donors (Lipinski definition) is 1. The van der Waals surface area contributed by atoms with Crippen molar-refractivity contribution in [1.29, 1.82) is 0 Å². The predicted octanol–water partition coefficient (Wildman–Crippen LogP) is 1.23. The first kappa shape index (κ1) is 20.3. The van der Waals surface area contributed by atoms with Crippen molar-refractivity contribution in [1.82, 2.24) is 14.5 Å². The zero-order chi connectivity index (χ0) is 19.4. The minimum Gasteiger partial charge on any atom is -0.377 e. The molecule has 0 radical (unpaired) electrons. The fourth-order valence-corrected chi connectivity index (χ4v) is 4.72. The molecule has 2 heterocycles. The highest BCUT2D eigenvalue weighted by atomic mass is 32.2. The van der Waals surface area contributed by atoms with Gasteiger partial charge in [-0.05, 0) is 37.5 Å². The molecule has 0 bridgehead atoms. The Labute approximate surface area is 161 Å². The summed E-state index contributed by atoms with van der Waals surface area (Å²) in [5, 5.41) is 0. The number of piperazine rings is 1. The second-order valence-electron chi connectivity index (χ2n) is 7.21. The number of sulfonamides is 1. The second kappa shape index (κ2) is 8.68. The lowest BCUT2D eigenvalue weighted by atomic mass is 10.1. The topological polar surface area (TPSA) is 79.0 Å². The molecule has 1 unspecified atom stereocenters. The molecule has 0 aliphatic carbocycles. The third-order valence-electron chi connectivity index (χ3n) is 5.23. The number of ether oxygens (including phenoxy) is 1. The Hall–Kier alpha value is -1.48. The standard InChI is InChI=1S/C19H29N3O4S/c1-3-20-27(24,25)17-7-6-15(2)18(13-17)19(23)22-10-8-21(9-11-22)14-16-5-4-12-26-16/h6-7,13,16,20H,3-5,8-12,14H2,1-2H3. The van der Waals surface area contributed by atoms with E-state index in [2.05, 4.69) is 9.62 Å². The minimum absolute atomic E-state index is 0.0992. The third kappa shape index (κ3) is 4.87. The molecular weight excluding hydrogens is 366 g/mol. The van der Waals surface area contributed by atoms with E-state index in [0.717, 1.165) is 44.6 Å². The zero-order valence-electron chi connectivity index (χ0n) is 16.1. The normalized spacial score (nSPS) is 21.6. The fraction of sp³-hybridized carbons (Fsp3) is 0.632. The summed E-state index contributed by atoms with van der Waals surface area (Å²) in [7, 11) is -3.58. The van der Waals surface area contributed by atoms with Crippen molar-refractivity contribution in [3.05, 3.63) is 29.3 Å². The molecule has 27 heavy (non-hydrogen) atoms. The number of rotatable bonds is 6. The molecule has 2 aliphatic heterocycles. The van der Waals surface area contributed by atoms with E-state index < -0.39 is 10.0 Å². The largest absolute Gasteiger partial charge is 0.377 e. The van der Waals surface area contributed by atoms with E-state index in [4.69, 9.17) is 4.74 Å². The summed E-state index contributed by atoms with van der Waals surface area (Å²) in [6.45, 7) is 8.60. The maximum Gasteiger partial charge on any atom is 0.254 e. The van der Waals surface area contributed by atoms with Crippen molar-refractivity contribution < 1.29 is 17.9 Å². The number of amides is 1. The van der Waals surface area contributed by atoms with Gasteiger partial charge in [-0.2, -0.15) is 0 Å². The van der Waals surface area contributed by atoms with E-state index in [1.807, 2.05) is 11.8 Å². The summed E-state index contributed by atoms with van der Waals surface area (Å²) < 4.78 is 32.7. The average molecular weight is 396 g/mol. The number of nitrogens with one attached hydrogen (secondary N) is 1. The first-order valence-electron chi connectivity index (χ1n) is 9.64. The molecule has 1 N–H and O–H groups in total. The van der Waals surface area contributed by atoms with Crippen LogP contribution in [-0.4, -0.2) is 76.1 Å². The molecular formula is C19H29N3O4S. The summed E-state index contributed by atoms with van der Waals surface area (Å²) in [4.78, 5) is 17.3. The van der Waals surface area contributed by atoms with Gasteiger partial charge in [0.2, 0.25) is 10.0 Å². The molecule has 3 rings (SSSR count). The van der Waals surface area contributed by atoms with Crippen LogP contribution in [0.3, 0.4) is 0 Å². The Bertz CT molecular complexity index is 767. The van der Waals surface area contributed by atoms with Crippen LogP contribution in [0, 0.1) is 6.92 Å². The van der Waals surface area contributed by atoms with Crippen molar-refractivity contribution >= 4 is 15.9 Å². The van der Waals surface area contributed by atoms with E-state index in [0.29, 0.717) is 31.3 Å². The van der Waals surface area contributed by atoms with Gasteiger partial charge in [-0.25, -0.2) is 13.1 Å². The van der Waals surface area contributed by atoms with E-state index >= 15 is 0 Å². The molecule has 2 aliphatic rings. The SMILES string of the molecule is CCNS(=O)(=O)c1ccc(C)c(C(=O)N2CCN(CC3CCCO3)CC2)c1. The summed E-state index contributed by atoms with van der Waals surface area (Å²) >= 11 is 0. The molecule has 0 saturated carbocycles. The van der Waals surface area contributed by atoms with Crippen LogP contribution in [0.15, 0.2) is 23.1 Å². The Morgan fingerprint density at radius 2 is 2.00 bits per heavy atom. The molecule has 1 amide bonds. The lowest BCUT2D eigenvalue weighted by molar-refractivity contribution is 0.0432. The highest BCUT2D eigenvalue weighted by Crippen LogP contribution is 2.19. The van der Waals surface area contributed by atoms with Crippen molar-refractivity contribution in [2.45, 2.75) is 37.7 Å². The average Bonchev–Trinajstić information content (AvgIpc) is 3.15. The molecule has 2 fully saturated rings. The Balaban J connectivity index is 1.65. The maximum atomic E-state index is 13.0. The quantitative estimate of drug-likeness (QED) is 0.784. The van der Waals surface area contributed by atoms with Crippen LogP contribution in [0.1, 0.15) is 35.7 Å². The lowest BCUT2D eigenvalue weighted by Gasteiger charge is -2.36. The van der Waals surface area contributed by atoms with Crippen molar-refractivity contribution in [3.63, 3.8) is 0 Å². The van der Waals surface area contributed by atoms with Gasteiger partial charge < -0.3 is 9.64 Å². The van der Waals surface area contributed by atoms with Gasteiger partial charge in [0.05, 0.1) is 11.0 Å². The molecule has 1 aromatic carbocycles. The number of nitrogens with zero attached hydrogens (tertiary/aromatic N) is 2. The molecule has 150 valence electrons. The highest BCUT2D eigenvalue weighted by molar-refractivity contribution is 7.89. The van der Waals surface area contributed by atoms with Crippen LogP contribution < -0.4 is 4.72 Å². The summed E-state index contributed by atoms with van der Waals surface area (Å²) in [6.07, 6.45) is 2.57. The van der Waals surface area contributed by atoms with Gasteiger partial charge in [0.25, 0.3) is 5.91 Å². The number of aryl methyl sites for hydroxylation is 1. The van der Waals surface area contributed by atoms with Gasteiger partial charge in [-0.1, -0.05) is 13.0 Å². The minimum atomic E-state index is -3.58. The van der Waals surface area contributed by atoms with E-state index in [1.54, 1.807) is 19.1 Å². The smallest absolute Gasteiger partial charge is 0.254 e. The van der Waals surface area contributed by atoms with Crippen molar-refractivity contribution in [3.8, 4) is 0 Å². The van der Waals surface area contributed by atoms with E-state index in [-0.39, 0.29) is 10.8 Å². The fourth-order valence-electron chi connectivity index (χ4n) is 3.65. The molecule has 2 saturated heterocycles. The number of carbonyl (C=O) groups excluding carboxylic acids is 1. The van der Waals surface area contributed by atoms with Gasteiger partial charge in [0.1, 0.15) is 0 Å². The van der Waals surface area contributed by atoms with Crippen LogP contribution >= 0.6 is 0 Å². The zero-order valence-corrected chi connectivity index (χ0v) is 16.9. The monoisotopic (exact) mass is 395 g/mol. The van der Waals surface area contributed by atoms with Gasteiger partial charge in [-0.15, -0.1) is 0 Å². The molecule has 1 atom stereocenters. The van der Waals surface area contributed by atoms with Gasteiger partial charge in [-0.3, -0.25) is 9.69 Å². The van der Waals surface area contributed by atoms with Gasteiger partial charge in [0, 0.05) is 51.4 Å². The molecule has 8 heteroatoms. The number of hydrogen-bond acceptors (Lipinski definition) is 5. The molecule has 1 aromatic rings. The van der Waals surface area contributed by atoms with Crippen LogP contribution in [0.2, 0.25) is 0 Å². The highest BCUT2D eigenvalue weighted by Gasteiger charge is 2.27. The van der Waals surface area contributed by atoms with Crippen LogP contribution in [0.5, 0.6) is 0 Å². The Morgan fingerprint density at radius 3 is 2.63 bits per heavy atom. The molecule has 0 aromatic heterocycles. The van der Waals surface area contributed by atoms with E-state index in [1.165, 1.54) is 6.07 Å². The third-order valence-corrected chi connectivity index (χ3v) is 6.77. The van der Waals surface area contributed by atoms with Crippen LogP contribution in [0.4, 0.5) is 0 Å². The number of benzene rings is 1. The Morgan fingerprint density at radius 1 is 1.26 bits per heavy atom. The first-order chi connectivity index (χ1) is 12.9. The molecule has 0 spiro atoms. The maximum absolute atomic E-state index is 13.0. The number of carbonyl (C=O) groups is 1. The van der Waals surface area contributed by atoms with E-state index in [9.17, 15) is 13.2 Å². The summed E-state index contributed by atoms with van der Waals surface area (Å²) in [5.74, 6) is -0.0992. The summed E-state index contributed by atoms with van der Waals surface area (Å²) in [5.41, 5.74) is 1.25. The lowest BCUT2D eigenvalue weighted by Crippen LogP contribution is -2.50. The summed E-state index contributed by atoms with van der Waals surface area (Å²) in [6, 6.07) is 4.74. The van der Waals surface area contributed by atoms with Gasteiger partial charge in [0.15, 0.2) is 0 Å². The Kier molecular flexibility index (Phi) is 6.52. The molecule has 7 nitrogen and oxygen atoms in total. The first-order valence-corrected chi connectivity index (χ1v) is 11.1.